The molecule has 0 saturated carbocycles. The first-order valence-electron chi connectivity index (χ1n) is 20.5. The van der Waals surface area contributed by atoms with Crippen LogP contribution in [0.1, 0.15) is 40.2 Å². The number of ether oxygens (including phenoxy) is 2. The number of fused-ring (bicyclic) bond motifs is 4. The minimum absolute atomic E-state index is 0.0657. The fourth-order valence-electron chi connectivity index (χ4n) is 9.21. The van der Waals surface area contributed by atoms with E-state index in [0.29, 0.717) is 17.9 Å². The topological polar surface area (TPSA) is 178 Å². The Bertz CT molecular complexity index is 2030. The third-order valence-electron chi connectivity index (χ3n) is 13.0. The number of esters is 1. The third-order valence-corrected chi connectivity index (χ3v) is 18.6. The molecular weight excluding hydrogens is 930 g/mol. The number of quaternary nitrogens is 2. The number of amides is 1. The van der Waals surface area contributed by atoms with Crippen molar-refractivity contribution < 1.29 is 60.8 Å². The lowest BCUT2D eigenvalue weighted by molar-refractivity contribution is -1.08. The number of alkyl halides is 3. The maximum Gasteiger partial charge on any atom is 0.361 e. The average Bonchev–Trinajstić information content (AvgIpc) is 3.45. The number of nitro groups is 1. The molecule has 1 N–H and O–H groups in total. The van der Waals surface area contributed by atoms with E-state index >= 15 is 0 Å². The molecule has 61 heavy (non-hydrogen) atoms. The molecule has 1 amide bonds. The lowest BCUT2D eigenvalue weighted by Crippen LogP contribution is -2.76. The average molecular weight is 984 g/mol. The fourth-order valence-corrected chi connectivity index (χ4v) is 12.9. The zero-order valence-electron chi connectivity index (χ0n) is 35.0. The second-order valence-corrected chi connectivity index (χ2v) is 22.2. The minimum atomic E-state index is -5.25. The Labute approximate surface area is 368 Å². The maximum absolute atomic E-state index is 13.9. The van der Waals surface area contributed by atoms with Crippen LogP contribution in [0.5, 0.6) is 11.5 Å². The van der Waals surface area contributed by atoms with Crippen LogP contribution in [-0.4, -0.2) is 122 Å². The van der Waals surface area contributed by atoms with E-state index < -0.39 is 37.4 Å². The number of piperazine rings is 3. The molecule has 2 aromatic rings. The van der Waals surface area contributed by atoms with Crippen molar-refractivity contribution in [3.63, 3.8) is 0 Å². The van der Waals surface area contributed by atoms with Crippen molar-refractivity contribution in [1.29, 1.82) is 5.41 Å². The van der Waals surface area contributed by atoms with Gasteiger partial charge in [0, 0.05) is 35.9 Å². The molecule has 0 radical (unpaired) electrons. The van der Waals surface area contributed by atoms with Gasteiger partial charge in [-0.25, -0.2) is 4.79 Å². The zero-order chi connectivity index (χ0) is 44.9. The van der Waals surface area contributed by atoms with Gasteiger partial charge in [0.25, 0.3) is 5.69 Å². The van der Waals surface area contributed by atoms with E-state index in [0.717, 1.165) is 82.9 Å². The van der Waals surface area contributed by atoms with Crippen molar-refractivity contribution in [2.75, 3.05) is 59.0 Å². The lowest BCUT2D eigenvalue weighted by atomic mass is 9.78. The van der Waals surface area contributed by atoms with E-state index in [2.05, 4.69) is 67.3 Å². The monoisotopic (exact) mass is 983 g/mol. The SMILES string of the molecule is CC[Si](CC)(CC)O[C@H](C)[C@H]1C(=O)N2C(C(=O)Oc3ccc([N+](=O)[O-])cc3)=C(C#CCOc3ccc(CC[N+]45CC[N+](CC(=N)[O-])(CC4)CC5)cc3I)[C@H](C)[C@H]12.[O-]C(F)(F)F. The highest BCUT2D eigenvalue weighted by Gasteiger charge is 2.61. The highest BCUT2D eigenvalue weighted by Crippen LogP contribution is 2.48. The number of nitrogens with zero attached hydrogens (tertiary/aromatic N) is 4. The number of hydrogen-bond acceptors (Lipinski definition) is 10. The first kappa shape index (κ1) is 48.0. The lowest BCUT2D eigenvalue weighted by Gasteiger charge is -2.56. The van der Waals surface area contributed by atoms with E-state index in [1.165, 1.54) is 34.7 Å². The van der Waals surface area contributed by atoms with Gasteiger partial charge < -0.3 is 43.4 Å². The van der Waals surface area contributed by atoms with Gasteiger partial charge in [-0.1, -0.05) is 45.6 Å². The number of benzene rings is 2. The second-order valence-electron chi connectivity index (χ2n) is 16.4. The summed E-state index contributed by atoms with van der Waals surface area (Å²) in [5, 5.41) is 38.2. The van der Waals surface area contributed by atoms with Gasteiger partial charge in [-0.05, 0) is 77.5 Å². The van der Waals surface area contributed by atoms with Crippen LogP contribution in [0.25, 0.3) is 0 Å². The van der Waals surface area contributed by atoms with Crippen molar-refractivity contribution >= 4 is 54.4 Å². The molecule has 7 rings (SSSR count). The van der Waals surface area contributed by atoms with Gasteiger partial charge in [0.1, 0.15) is 69.6 Å². The normalized spacial score (nSPS) is 24.7. The molecule has 0 aliphatic carbocycles. The van der Waals surface area contributed by atoms with Crippen molar-refractivity contribution in [3.8, 4) is 23.3 Å². The van der Waals surface area contributed by atoms with E-state index in [1.54, 1.807) is 0 Å². The summed E-state index contributed by atoms with van der Waals surface area (Å²) in [5.74, 6) is 5.00. The molecule has 332 valence electrons. The minimum Gasteiger partial charge on any atom is -0.858 e. The first-order valence-corrected chi connectivity index (χ1v) is 24.1. The Kier molecular flexibility index (Phi) is 15.4. The van der Waals surface area contributed by atoms with Gasteiger partial charge in [0.15, 0.2) is 8.32 Å². The number of nitro benzene ring substituents is 1. The summed E-state index contributed by atoms with van der Waals surface area (Å²) in [4.78, 5) is 39.8. The third kappa shape index (κ3) is 11.3. The Morgan fingerprint density at radius 3 is 2.15 bits per heavy atom. The van der Waals surface area contributed by atoms with Crippen LogP contribution in [0.15, 0.2) is 53.7 Å². The molecule has 14 nitrogen and oxygen atoms in total. The summed E-state index contributed by atoms with van der Waals surface area (Å²) in [5.41, 5.74) is 1.69. The number of carbonyl (C=O) groups is 2. The van der Waals surface area contributed by atoms with E-state index in [9.17, 15) is 38.0 Å². The fraction of sp³-hybridized carbons (Fsp3) is 0.548. The number of nitrogens with one attached hydrogen (secondary N) is 1. The highest BCUT2D eigenvalue weighted by molar-refractivity contribution is 14.1. The van der Waals surface area contributed by atoms with Gasteiger partial charge in [-0.3, -0.25) is 14.9 Å². The molecular formula is C42H53F3IN5O9Si. The van der Waals surface area contributed by atoms with Gasteiger partial charge in [-0.15, -0.1) is 0 Å². The second kappa shape index (κ2) is 19.5. The summed E-state index contributed by atoms with van der Waals surface area (Å²) in [6.45, 7) is 17.9. The van der Waals surface area contributed by atoms with E-state index in [1.807, 2.05) is 19.9 Å². The van der Waals surface area contributed by atoms with Crippen LogP contribution in [-0.2, 0) is 20.4 Å². The Morgan fingerprint density at radius 1 is 1.05 bits per heavy atom. The predicted octanol–water partition coefficient (Wildman–Crippen LogP) is 4.74. The maximum atomic E-state index is 13.9. The standard InChI is InChI=1S/C41H53IN5O8Si.CF3O/c1-6-56(7-2,8-3)55-29(5)37-38-28(4)33(39(44(38)40(37)49)41(50)54-32-14-12-31(13-15-32)45(51)52)10-9-25-53-35-16-11-30(26-34(35)42)17-18-46-19-22-47(23-20-46,24-21-46)27-36(43)48;2-1(3,4)5/h11-16,26,28-29,37-38H,6-8,17-25,27H2,1-5H3,(H-,43,48);/q+1;-1/t28-,29+,37+,38+,46?,47?;/m0./s1. The van der Waals surface area contributed by atoms with E-state index in [-0.39, 0.29) is 47.7 Å². The van der Waals surface area contributed by atoms with Crippen LogP contribution < -0.4 is 19.7 Å². The molecule has 5 heterocycles. The summed E-state index contributed by atoms with van der Waals surface area (Å²) < 4.78 is 50.8. The number of non-ortho nitro benzene ring substituents is 1. The van der Waals surface area contributed by atoms with Crippen LogP contribution in [0.2, 0.25) is 18.1 Å². The Morgan fingerprint density at radius 2 is 1.62 bits per heavy atom. The molecule has 4 fully saturated rings. The summed E-state index contributed by atoms with van der Waals surface area (Å²) in [6, 6.07) is 14.0. The number of β-lactam (4-membered cyclic amide) rings is 1. The molecule has 4 atom stereocenters. The van der Waals surface area contributed by atoms with Crippen molar-refractivity contribution in [1.82, 2.24) is 4.90 Å². The van der Waals surface area contributed by atoms with Crippen molar-refractivity contribution in [2.45, 2.75) is 77.7 Å². The van der Waals surface area contributed by atoms with Crippen LogP contribution in [0.4, 0.5) is 18.9 Å². The van der Waals surface area contributed by atoms with Crippen LogP contribution in [0.3, 0.4) is 0 Å². The van der Waals surface area contributed by atoms with Crippen LogP contribution >= 0.6 is 22.6 Å². The molecule has 5 aliphatic heterocycles. The molecule has 2 aromatic carbocycles. The number of carbonyl (C=O) groups excluding carboxylic acids is 2. The Balaban J connectivity index is 0.00000133. The van der Waals surface area contributed by atoms with Gasteiger partial charge in [0.05, 0.1) is 33.1 Å². The van der Waals surface area contributed by atoms with Gasteiger partial charge in [0.2, 0.25) is 5.91 Å². The van der Waals surface area contributed by atoms with Gasteiger partial charge >= 0.3 is 12.3 Å². The molecule has 0 spiro atoms. The Hall–Kier alpha value is -4.07. The highest BCUT2D eigenvalue weighted by atomic mass is 127. The summed E-state index contributed by atoms with van der Waals surface area (Å²) in [6.07, 6.45) is -4.63. The molecule has 4 saturated heterocycles. The molecule has 0 unspecified atom stereocenters. The number of halogens is 4. The van der Waals surface area contributed by atoms with Crippen LogP contribution in [0, 0.1) is 42.8 Å². The number of rotatable bonds is 16. The molecule has 0 aromatic heterocycles. The van der Waals surface area contributed by atoms with E-state index in [4.69, 9.17) is 24.4 Å². The molecule has 2 bridgehead atoms. The van der Waals surface area contributed by atoms with Crippen molar-refractivity contribution in [3.05, 3.63) is 73.0 Å². The molecule has 19 heteroatoms. The first-order chi connectivity index (χ1) is 28.7. The van der Waals surface area contributed by atoms with Gasteiger partial charge in [-0.2, -0.15) is 13.2 Å². The predicted molar refractivity (Wildman–Crippen MR) is 226 cm³/mol. The number of hydrogen-bond donors (Lipinski definition) is 1. The quantitative estimate of drug-likeness (QED) is 0.0213. The molecule has 5 aliphatic rings. The largest absolute Gasteiger partial charge is 0.858 e. The van der Waals surface area contributed by atoms with Crippen molar-refractivity contribution in [2.24, 2.45) is 11.8 Å². The summed E-state index contributed by atoms with van der Waals surface area (Å²) in [7, 11) is -2.02. The smallest absolute Gasteiger partial charge is 0.361 e. The summed E-state index contributed by atoms with van der Waals surface area (Å²) >= 11 is 2.28. The zero-order valence-corrected chi connectivity index (χ0v) is 38.2.